The molecule has 0 amide bonds. The Bertz CT molecular complexity index is 571. The molecule has 2 aromatic rings. The molecule has 1 fully saturated rings. The van der Waals surface area contributed by atoms with Crippen LogP contribution in [-0.2, 0) is 12.1 Å². The van der Waals surface area contributed by atoms with Crippen molar-refractivity contribution in [3.63, 3.8) is 0 Å². The van der Waals surface area contributed by atoms with Gasteiger partial charge >= 0.3 is 0 Å². The summed E-state index contributed by atoms with van der Waals surface area (Å²) in [5.74, 6) is 0. The molecule has 1 unspecified atom stereocenters. The first-order valence-electron chi connectivity index (χ1n) is 6.89. The molecule has 0 saturated carbocycles. The van der Waals surface area contributed by atoms with E-state index in [2.05, 4.69) is 29.2 Å². The molecule has 3 rings (SSSR count). The van der Waals surface area contributed by atoms with E-state index in [1.54, 1.807) is 11.3 Å². The Morgan fingerprint density at radius 1 is 1.25 bits per heavy atom. The predicted molar refractivity (Wildman–Crippen MR) is 84.2 cm³/mol. The third kappa shape index (κ3) is 2.91. The zero-order chi connectivity index (χ0) is 14.0. The molecule has 2 nitrogen and oxygen atoms in total. The number of aliphatic hydroxyl groups is 1. The largest absolute Gasteiger partial charge is 0.383 e. The molecular formula is C16H18ClNOS. The average molecular weight is 308 g/mol. The standard InChI is InChI=1S/C16H18ClNOS/c17-14-7-10-20-15(14)16(19)8-4-9-18(12-16)11-13-5-2-1-3-6-13/h1-3,5-7,10,19H,4,8-9,11-12H2. The first-order valence-corrected chi connectivity index (χ1v) is 8.15. The highest BCUT2D eigenvalue weighted by atomic mass is 35.5. The van der Waals surface area contributed by atoms with Gasteiger partial charge < -0.3 is 5.11 Å². The Morgan fingerprint density at radius 3 is 2.75 bits per heavy atom. The van der Waals surface area contributed by atoms with Crippen LogP contribution in [0.5, 0.6) is 0 Å². The van der Waals surface area contributed by atoms with Gasteiger partial charge in [-0.15, -0.1) is 11.3 Å². The summed E-state index contributed by atoms with van der Waals surface area (Å²) in [6.45, 7) is 2.56. The zero-order valence-electron chi connectivity index (χ0n) is 11.3. The van der Waals surface area contributed by atoms with E-state index in [9.17, 15) is 5.11 Å². The Hall–Kier alpha value is -0.870. The zero-order valence-corrected chi connectivity index (χ0v) is 12.8. The van der Waals surface area contributed by atoms with Gasteiger partial charge in [-0.05, 0) is 36.4 Å². The van der Waals surface area contributed by atoms with Crippen LogP contribution in [0.25, 0.3) is 0 Å². The van der Waals surface area contributed by atoms with Gasteiger partial charge in [-0.2, -0.15) is 0 Å². The summed E-state index contributed by atoms with van der Waals surface area (Å²) in [6, 6.07) is 12.3. The molecule has 1 aromatic heterocycles. The van der Waals surface area contributed by atoms with Crippen LogP contribution in [0.1, 0.15) is 23.3 Å². The molecule has 0 spiro atoms. The van der Waals surface area contributed by atoms with E-state index in [0.717, 1.165) is 30.8 Å². The SMILES string of the molecule is OC1(c2sccc2Cl)CCCN(Cc2ccccc2)C1. The smallest absolute Gasteiger partial charge is 0.113 e. The summed E-state index contributed by atoms with van der Waals surface area (Å²) in [6.07, 6.45) is 1.79. The maximum absolute atomic E-state index is 10.9. The van der Waals surface area contributed by atoms with Crippen molar-refractivity contribution in [1.82, 2.24) is 4.90 Å². The second kappa shape index (κ2) is 5.86. The topological polar surface area (TPSA) is 23.5 Å². The van der Waals surface area contributed by atoms with Crippen molar-refractivity contribution in [3.05, 3.63) is 57.2 Å². The lowest BCUT2D eigenvalue weighted by Crippen LogP contribution is -2.45. The molecule has 1 aliphatic rings. The molecular weight excluding hydrogens is 290 g/mol. The van der Waals surface area contributed by atoms with Crippen molar-refractivity contribution in [3.8, 4) is 0 Å². The average Bonchev–Trinajstić information content (AvgIpc) is 2.87. The summed E-state index contributed by atoms with van der Waals surface area (Å²) in [5, 5.41) is 13.6. The van der Waals surface area contributed by atoms with Crippen LogP contribution in [0.3, 0.4) is 0 Å². The van der Waals surface area contributed by atoms with Gasteiger partial charge in [-0.25, -0.2) is 0 Å². The second-order valence-corrected chi connectivity index (χ2v) is 6.75. The highest BCUT2D eigenvalue weighted by Crippen LogP contribution is 2.39. The van der Waals surface area contributed by atoms with Crippen LogP contribution in [0, 0.1) is 0 Å². The molecule has 1 aliphatic heterocycles. The molecule has 1 atom stereocenters. The maximum atomic E-state index is 10.9. The molecule has 0 radical (unpaired) electrons. The van der Waals surface area contributed by atoms with Gasteiger partial charge in [0.25, 0.3) is 0 Å². The number of halogens is 1. The monoisotopic (exact) mass is 307 g/mol. The number of likely N-dealkylation sites (tertiary alicyclic amines) is 1. The number of hydrogen-bond acceptors (Lipinski definition) is 3. The lowest BCUT2D eigenvalue weighted by Gasteiger charge is -2.39. The van der Waals surface area contributed by atoms with Gasteiger partial charge in [0.2, 0.25) is 0 Å². The Labute approximate surface area is 128 Å². The lowest BCUT2D eigenvalue weighted by atomic mass is 9.91. The third-order valence-corrected chi connectivity index (χ3v) is 5.37. The molecule has 20 heavy (non-hydrogen) atoms. The summed E-state index contributed by atoms with van der Waals surface area (Å²) in [7, 11) is 0. The molecule has 1 aromatic carbocycles. The molecule has 0 aliphatic carbocycles. The van der Waals surface area contributed by atoms with Crippen molar-refractivity contribution < 1.29 is 5.11 Å². The Morgan fingerprint density at radius 2 is 2.05 bits per heavy atom. The second-order valence-electron chi connectivity index (χ2n) is 5.43. The molecule has 4 heteroatoms. The van der Waals surface area contributed by atoms with Crippen LogP contribution >= 0.6 is 22.9 Å². The fourth-order valence-corrected chi connectivity index (χ4v) is 4.26. The molecule has 2 heterocycles. The van der Waals surface area contributed by atoms with E-state index >= 15 is 0 Å². The van der Waals surface area contributed by atoms with Crippen LogP contribution in [0.15, 0.2) is 41.8 Å². The summed E-state index contributed by atoms with van der Waals surface area (Å²) in [4.78, 5) is 3.23. The maximum Gasteiger partial charge on any atom is 0.113 e. The molecule has 1 N–H and O–H groups in total. The summed E-state index contributed by atoms with van der Waals surface area (Å²) < 4.78 is 0. The van der Waals surface area contributed by atoms with Gasteiger partial charge in [0.05, 0.1) is 9.90 Å². The summed E-state index contributed by atoms with van der Waals surface area (Å²) in [5.41, 5.74) is 0.493. The first kappa shape index (κ1) is 14.1. The van der Waals surface area contributed by atoms with Crippen LogP contribution < -0.4 is 0 Å². The van der Waals surface area contributed by atoms with Crippen molar-refractivity contribution in [2.24, 2.45) is 0 Å². The van der Waals surface area contributed by atoms with E-state index in [1.807, 2.05) is 17.5 Å². The van der Waals surface area contributed by atoms with Gasteiger partial charge in [0.1, 0.15) is 5.60 Å². The predicted octanol–water partition coefficient (Wildman–Crippen LogP) is 3.89. The Kier molecular flexibility index (Phi) is 4.13. The van der Waals surface area contributed by atoms with Crippen LogP contribution in [0.2, 0.25) is 5.02 Å². The highest BCUT2D eigenvalue weighted by Gasteiger charge is 2.37. The number of piperidine rings is 1. The van der Waals surface area contributed by atoms with Gasteiger partial charge in [-0.3, -0.25) is 4.90 Å². The summed E-state index contributed by atoms with van der Waals surface area (Å²) >= 11 is 7.76. The van der Waals surface area contributed by atoms with Gasteiger partial charge in [0.15, 0.2) is 0 Å². The van der Waals surface area contributed by atoms with Crippen molar-refractivity contribution in [2.45, 2.75) is 25.0 Å². The lowest BCUT2D eigenvalue weighted by molar-refractivity contribution is -0.0352. The normalized spacial score (nSPS) is 23.9. The molecule has 0 bridgehead atoms. The van der Waals surface area contributed by atoms with Crippen molar-refractivity contribution >= 4 is 22.9 Å². The van der Waals surface area contributed by atoms with Gasteiger partial charge in [0, 0.05) is 13.1 Å². The number of rotatable bonds is 3. The third-order valence-electron chi connectivity index (χ3n) is 3.84. The molecule has 106 valence electrons. The van der Waals surface area contributed by atoms with E-state index in [0.29, 0.717) is 11.6 Å². The number of benzene rings is 1. The minimum Gasteiger partial charge on any atom is -0.383 e. The number of thiophene rings is 1. The van der Waals surface area contributed by atoms with Crippen LogP contribution in [-0.4, -0.2) is 23.1 Å². The van der Waals surface area contributed by atoms with E-state index in [4.69, 9.17) is 11.6 Å². The van der Waals surface area contributed by atoms with E-state index < -0.39 is 5.60 Å². The van der Waals surface area contributed by atoms with E-state index in [1.165, 1.54) is 5.56 Å². The number of β-amino-alcohol motifs (C(OH)–C–C–N with tert-alkyl or cyclic N) is 1. The number of hydrogen-bond donors (Lipinski definition) is 1. The minimum absolute atomic E-state index is 0.655. The number of nitrogens with zero attached hydrogens (tertiary/aromatic N) is 1. The quantitative estimate of drug-likeness (QED) is 0.930. The van der Waals surface area contributed by atoms with Crippen LogP contribution in [0.4, 0.5) is 0 Å². The highest BCUT2D eigenvalue weighted by molar-refractivity contribution is 7.10. The fourth-order valence-electron chi connectivity index (χ4n) is 2.91. The first-order chi connectivity index (χ1) is 9.67. The Balaban J connectivity index is 1.75. The van der Waals surface area contributed by atoms with E-state index in [-0.39, 0.29) is 0 Å². The van der Waals surface area contributed by atoms with Crippen molar-refractivity contribution in [2.75, 3.05) is 13.1 Å². The van der Waals surface area contributed by atoms with Crippen molar-refractivity contribution in [1.29, 1.82) is 0 Å². The minimum atomic E-state index is -0.793. The van der Waals surface area contributed by atoms with Gasteiger partial charge in [-0.1, -0.05) is 41.9 Å². The molecule has 1 saturated heterocycles. The fraction of sp³-hybridized carbons (Fsp3) is 0.375.